The van der Waals surface area contributed by atoms with Crippen molar-refractivity contribution in [2.45, 2.75) is 31.7 Å². The van der Waals surface area contributed by atoms with Crippen LogP contribution in [0.2, 0.25) is 0 Å². The van der Waals surface area contributed by atoms with E-state index in [2.05, 4.69) is 34.6 Å². The zero-order chi connectivity index (χ0) is 21.1. The van der Waals surface area contributed by atoms with Crippen molar-refractivity contribution in [2.24, 2.45) is 0 Å². The van der Waals surface area contributed by atoms with E-state index in [1.807, 2.05) is 19.1 Å². The highest BCUT2D eigenvalue weighted by atomic mass is 16.1. The zero-order valence-electron chi connectivity index (χ0n) is 16.6. The number of hydrogen-bond donors (Lipinski definition) is 1. The van der Waals surface area contributed by atoms with Gasteiger partial charge in [0, 0.05) is 17.3 Å². The summed E-state index contributed by atoms with van der Waals surface area (Å²) in [6.45, 7) is 1.97. The third-order valence-corrected chi connectivity index (χ3v) is 5.81. The standard InChI is InChI=1S/C25H20N4O/c1-17-13-22(15-27)28-16-23(17)19-7-9-21(10-8-19)25(11-2-12-25)29-24(30)20-5-3-18(14-26)4-6-20/h3-10,13,16H,2,11-12H2,1H3,(H,29,30). The number of nitriles is 2. The van der Waals surface area contributed by atoms with Crippen molar-refractivity contribution in [1.82, 2.24) is 10.3 Å². The van der Waals surface area contributed by atoms with Crippen LogP contribution in [0.3, 0.4) is 0 Å². The molecule has 0 unspecified atom stereocenters. The molecule has 0 aliphatic heterocycles. The lowest BCUT2D eigenvalue weighted by Crippen LogP contribution is -2.50. The third kappa shape index (κ3) is 3.54. The number of rotatable bonds is 4. The van der Waals surface area contributed by atoms with Gasteiger partial charge in [-0.2, -0.15) is 10.5 Å². The van der Waals surface area contributed by atoms with Crippen LogP contribution in [0.4, 0.5) is 0 Å². The van der Waals surface area contributed by atoms with Crippen LogP contribution >= 0.6 is 0 Å². The first-order valence-electron chi connectivity index (χ1n) is 9.85. The quantitative estimate of drug-likeness (QED) is 0.702. The van der Waals surface area contributed by atoms with Gasteiger partial charge >= 0.3 is 0 Å². The summed E-state index contributed by atoms with van der Waals surface area (Å²) in [5.41, 5.74) is 5.24. The van der Waals surface area contributed by atoms with Crippen LogP contribution in [0.1, 0.15) is 52.0 Å². The van der Waals surface area contributed by atoms with Crippen LogP contribution in [0.15, 0.2) is 60.8 Å². The molecule has 4 rings (SSSR count). The fraction of sp³-hybridized carbons (Fsp3) is 0.200. The minimum absolute atomic E-state index is 0.129. The smallest absolute Gasteiger partial charge is 0.251 e. The van der Waals surface area contributed by atoms with Gasteiger partial charge in [0.25, 0.3) is 5.91 Å². The fourth-order valence-corrected chi connectivity index (χ4v) is 3.89. The Bertz CT molecular complexity index is 1180. The number of carbonyl (C=O) groups excluding carboxylic acids is 1. The molecule has 0 radical (unpaired) electrons. The molecule has 5 heteroatoms. The van der Waals surface area contributed by atoms with Gasteiger partial charge in [-0.15, -0.1) is 0 Å². The number of carbonyl (C=O) groups is 1. The van der Waals surface area contributed by atoms with Crippen LogP contribution in [-0.2, 0) is 5.54 Å². The second-order valence-electron chi connectivity index (χ2n) is 7.65. The molecule has 1 aliphatic carbocycles. The van der Waals surface area contributed by atoms with Gasteiger partial charge in [-0.3, -0.25) is 4.79 Å². The van der Waals surface area contributed by atoms with Crippen molar-refractivity contribution in [3.8, 4) is 23.3 Å². The van der Waals surface area contributed by atoms with Crippen LogP contribution < -0.4 is 5.32 Å². The largest absolute Gasteiger partial charge is 0.343 e. The second-order valence-corrected chi connectivity index (χ2v) is 7.65. The molecule has 30 heavy (non-hydrogen) atoms. The van der Waals surface area contributed by atoms with Gasteiger partial charge in [0.05, 0.1) is 17.2 Å². The van der Waals surface area contributed by atoms with E-state index in [1.165, 1.54) is 0 Å². The summed E-state index contributed by atoms with van der Waals surface area (Å²) in [6, 6.07) is 20.8. The molecule has 1 fully saturated rings. The summed E-state index contributed by atoms with van der Waals surface area (Å²) < 4.78 is 0. The molecule has 0 atom stereocenters. The first-order valence-corrected chi connectivity index (χ1v) is 9.85. The maximum atomic E-state index is 12.8. The number of benzene rings is 2. The van der Waals surface area contributed by atoms with E-state index in [9.17, 15) is 4.79 Å². The molecular weight excluding hydrogens is 372 g/mol. The summed E-state index contributed by atoms with van der Waals surface area (Å²) in [5, 5.41) is 21.1. The van der Waals surface area contributed by atoms with Crippen LogP contribution in [0.25, 0.3) is 11.1 Å². The van der Waals surface area contributed by atoms with Gasteiger partial charge in [-0.25, -0.2) is 4.98 Å². The van der Waals surface area contributed by atoms with E-state index in [1.54, 1.807) is 36.5 Å². The number of nitrogens with one attached hydrogen (secondary N) is 1. The number of hydrogen-bond acceptors (Lipinski definition) is 4. The van der Waals surface area contributed by atoms with Crippen molar-refractivity contribution in [3.63, 3.8) is 0 Å². The fourth-order valence-electron chi connectivity index (χ4n) is 3.89. The van der Waals surface area contributed by atoms with E-state index >= 15 is 0 Å². The van der Waals surface area contributed by atoms with Gasteiger partial charge < -0.3 is 5.32 Å². The monoisotopic (exact) mass is 392 g/mol. The first-order chi connectivity index (χ1) is 14.5. The molecule has 146 valence electrons. The van der Waals surface area contributed by atoms with Gasteiger partial charge in [-0.05, 0) is 73.2 Å². The Morgan fingerprint density at radius 2 is 1.73 bits per heavy atom. The summed E-state index contributed by atoms with van der Waals surface area (Å²) in [7, 11) is 0. The van der Waals surface area contributed by atoms with Crippen molar-refractivity contribution in [2.75, 3.05) is 0 Å². The molecule has 5 nitrogen and oxygen atoms in total. The zero-order valence-corrected chi connectivity index (χ0v) is 16.6. The first kappa shape index (κ1) is 19.4. The normalized spacial score (nSPS) is 14.1. The lowest BCUT2D eigenvalue weighted by Gasteiger charge is -2.43. The summed E-state index contributed by atoms with van der Waals surface area (Å²) in [5.74, 6) is -0.129. The van der Waals surface area contributed by atoms with Crippen LogP contribution in [-0.4, -0.2) is 10.9 Å². The molecule has 1 heterocycles. The molecule has 1 aromatic heterocycles. The molecule has 1 amide bonds. The molecule has 1 N–H and O–H groups in total. The van der Waals surface area contributed by atoms with Crippen molar-refractivity contribution >= 4 is 5.91 Å². The molecule has 0 spiro atoms. The maximum Gasteiger partial charge on any atom is 0.251 e. The molecular formula is C25H20N4O. The highest BCUT2D eigenvalue weighted by Crippen LogP contribution is 2.42. The Kier molecular flexibility index (Phi) is 5.04. The SMILES string of the molecule is Cc1cc(C#N)ncc1-c1ccc(C2(NC(=O)c3ccc(C#N)cc3)CCC2)cc1. The second kappa shape index (κ2) is 7.81. The van der Waals surface area contributed by atoms with E-state index < -0.39 is 0 Å². The number of aryl methyl sites for hydroxylation is 1. The highest BCUT2D eigenvalue weighted by Gasteiger charge is 2.40. The molecule has 3 aromatic rings. The Morgan fingerprint density at radius 3 is 2.27 bits per heavy atom. The van der Waals surface area contributed by atoms with Gasteiger partial charge in [0.1, 0.15) is 11.8 Å². The van der Waals surface area contributed by atoms with Gasteiger partial charge in [0.2, 0.25) is 0 Å². The van der Waals surface area contributed by atoms with Crippen molar-refractivity contribution in [1.29, 1.82) is 10.5 Å². The van der Waals surface area contributed by atoms with Crippen LogP contribution in [0, 0.1) is 29.6 Å². The van der Waals surface area contributed by atoms with E-state index in [4.69, 9.17) is 10.5 Å². The number of pyridine rings is 1. The number of aromatic nitrogens is 1. The average Bonchev–Trinajstić information content (AvgIpc) is 2.76. The van der Waals surface area contributed by atoms with E-state index in [0.717, 1.165) is 41.5 Å². The maximum absolute atomic E-state index is 12.8. The topological polar surface area (TPSA) is 89.6 Å². The van der Waals surface area contributed by atoms with Crippen molar-refractivity contribution < 1.29 is 4.79 Å². The van der Waals surface area contributed by atoms with Gasteiger partial charge in [0.15, 0.2) is 0 Å². The minimum atomic E-state index is -0.360. The predicted octanol–water partition coefficient (Wildman–Crippen LogP) is 4.61. The number of nitrogens with zero attached hydrogens (tertiary/aromatic N) is 3. The highest BCUT2D eigenvalue weighted by molar-refractivity contribution is 5.95. The van der Waals surface area contributed by atoms with Crippen LogP contribution in [0.5, 0.6) is 0 Å². The lowest BCUT2D eigenvalue weighted by molar-refractivity contribution is 0.0823. The third-order valence-electron chi connectivity index (χ3n) is 5.81. The Hall–Kier alpha value is -3.96. The predicted molar refractivity (Wildman–Crippen MR) is 113 cm³/mol. The Morgan fingerprint density at radius 1 is 1.03 bits per heavy atom. The van der Waals surface area contributed by atoms with Gasteiger partial charge in [-0.1, -0.05) is 24.3 Å². The lowest BCUT2D eigenvalue weighted by atomic mass is 9.71. The molecule has 0 bridgehead atoms. The molecule has 1 aliphatic rings. The Labute approximate surface area is 175 Å². The molecule has 1 saturated carbocycles. The summed E-state index contributed by atoms with van der Waals surface area (Å²) in [4.78, 5) is 17.0. The molecule has 2 aromatic carbocycles. The van der Waals surface area contributed by atoms with E-state index in [-0.39, 0.29) is 11.4 Å². The average molecular weight is 392 g/mol. The summed E-state index contributed by atoms with van der Waals surface area (Å²) >= 11 is 0. The Balaban J connectivity index is 1.56. The number of amides is 1. The van der Waals surface area contributed by atoms with Crippen molar-refractivity contribution in [3.05, 3.63) is 88.7 Å². The van der Waals surface area contributed by atoms with E-state index in [0.29, 0.717) is 16.8 Å². The minimum Gasteiger partial charge on any atom is -0.343 e. The summed E-state index contributed by atoms with van der Waals surface area (Å²) in [6.07, 6.45) is 4.58. The molecule has 0 saturated heterocycles.